The highest BCUT2D eigenvalue weighted by molar-refractivity contribution is 8.24. The van der Waals surface area contributed by atoms with Gasteiger partial charge in [-0.1, -0.05) is 12.2 Å². The van der Waals surface area contributed by atoms with E-state index >= 15 is 0 Å². The molecule has 2 rings (SSSR count). The third-order valence-corrected chi connectivity index (χ3v) is 4.92. The van der Waals surface area contributed by atoms with Gasteiger partial charge in [-0.3, -0.25) is 9.48 Å². The van der Waals surface area contributed by atoms with Crippen LogP contribution in [0, 0.1) is 0 Å². The molecule has 2 aliphatic rings. The highest BCUT2D eigenvalue weighted by Gasteiger charge is 2.29. The zero-order chi connectivity index (χ0) is 12.1. The van der Waals surface area contributed by atoms with Crippen molar-refractivity contribution in [3.63, 3.8) is 0 Å². The van der Waals surface area contributed by atoms with E-state index in [0.29, 0.717) is 0 Å². The Balaban J connectivity index is 2.19. The number of rotatable bonds is 0. The lowest BCUT2D eigenvalue weighted by molar-refractivity contribution is -0.540. The topological polar surface area (TPSA) is 6.25 Å². The van der Waals surface area contributed by atoms with Crippen molar-refractivity contribution < 1.29 is 4.58 Å². The van der Waals surface area contributed by atoms with E-state index in [9.17, 15) is 0 Å². The Morgan fingerprint density at radius 1 is 1.00 bits per heavy atom. The summed E-state index contributed by atoms with van der Waals surface area (Å²) in [6.45, 7) is 4.80. The zero-order valence-electron chi connectivity index (χ0n) is 10.8. The van der Waals surface area contributed by atoms with Crippen LogP contribution in [0.2, 0.25) is 0 Å². The van der Waals surface area contributed by atoms with Gasteiger partial charge in [-0.15, -0.1) is 11.8 Å². The number of piperidine rings is 2. The van der Waals surface area contributed by atoms with Gasteiger partial charge >= 0.3 is 0 Å². The Morgan fingerprint density at radius 3 is 2.18 bits per heavy atom. The molecule has 17 heavy (non-hydrogen) atoms. The van der Waals surface area contributed by atoms with Crippen molar-refractivity contribution in [2.75, 3.05) is 32.4 Å². The number of thioether (sulfide) groups is 1. The van der Waals surface area contributed by atoms with Crippen LogP contribution in [0.4, 0.5) is 0 Å². The highest BCUT2D eigenvalue weighted by atomic mass is 32.2. The molecular weight excluding hydrogens is 248 g/mol. The second-order valence-electron chi connectivity index (χ2n) is 4.91. The van der Waals surface area contributed by atoms with Gasteiger partial charge in [-0.25, -0.2) is 0 Å². The summed E-state index contributed by atoms with van der Waals surface area (Å²) in [7, 11) is 0. The molecule has 0 atom stereocenters. The van der Waals surface area contributed by atoms with Gasteiger partial charge in [0.05, 0.1) is 26.2 Å². The first-order valence-corrected chi connectivity index (χ1v) is 8.41. The largest absolute Gasteiger partial charge is 0.296 e. The van der Waals surface area contributed by atoms with Gasteiger partial charge in [-0.2, -0.15) is 0 Å². The van der Waals surface area contributed by atoms with Crippen molar-refractivity contribution in [3.05, 3.63) is 0 Å². The lowest BCUT2D eigenvalue weighted by atomic mass is 10.1. The molecule has 0 spiro atoms. The quantitative estimate of drug-likeness (QED) is 0.380. The van der Waals surface area contributed by atoms with Gasteiger partial charge in [-0.05, 0) is 44.8 Å². The van der Waals surface area contributed by atoms with Crippen LogP contribution in [0.25, 0.3) is 0 Å². The predicted octanol–water partition coefficient (Wildman–Crippen LogP) is 2.76. The predicted molar refractivity (Wildman–Crippen MR) is 80.4 cm³/mol. The van der Waals surface area contributed by atoms with Crippen molar-refractivity contribution in [2.45, 2.75) is 38.5 Å². The van der Waals surface area contributed by atoms with E-state index in [1.165, 1.54) is 70.5 Å². The van der Waals surface area contributed by atoms with Crippen molar-refractivity contribution in [2.24, 2.45) is 0 Å². The Labute approximate surface area is 114 Å². The van der Waals surface area contributed by atoms with Gasteiger partial charge < -0.3 is 0 Å². The SMILES string of the molecule is CSC(=S)C(N1CCCCC1)=[N+]1CCCCC1. The minimum atomic E-state index is 1.09. The molecule has 4 heteroatoms. The average molecular weight is 271 g/mol. The molecule has 0 aromatic carbocycles. The molecular formula is C13H23N2S2+. The van der Waals surface area contributed by atoms with E-state index < -0.39 is 0 Å². The molecule has 0 bridgehead atoms. The Morgan fingerprint density at radius 2 is 1.59 bits per heavy atom. The fourth-order valence-electron chi connectivity index (χ4n) is 2.76. The first-order valence-electron chi connectivity index (χ1n) is 6.78. The normalized spacial score (nSPS) is 21.5. The number of nitrogens with zero attached hydrogens (tertiary/aromatic N) is 2. The summed E-state index contributed by atoms with van der Waals surface area (Å²) in [5, 5.41) is 0. The van der Waals surface area contributed by atoms with Crippen molar-refractivity contribution in [1.82, 2.24) is 4.90 Å². The molecule has 2 heterocycles. The summed E-state index contributed by atoms with van der Waals surface area (Å²) < 4.78 is 3.63. The van der Waals surface area contributed by atoms with Crippen molar-refractivity contribution in [3.8, 4) is 0 Å². The fraction of sp³-hybridized carbons (Fsp3) is 0.846. The molecule has 0 N–H and O–H groups in total. The minimum absolute atomic E-state index is 1.09. The molecule has 2 nitrogen and oxygen atoms in total. The molecule has 96 valence electrons. The van der Waals surface area contributed by atoms with Gasteiger partial charge in [0.15, 0.2) is 4.20 Å². The van der Waals surface area contributed by atoms with Crippen molar-refractivity contribution in [1.29, 1.82) is 0 Å². The maximum Gasteiger partial charge on any atom is 0.296 e. The lowest BCUT2D eigenvalue weighted by Crippen LogP contribution is -2.45. The van der Waals surface area contributed by atoms with E-state index in [1.807, 2.05) is 0 Å². The number of hydrogen-bond donors (Lipinski definition) is 0. The van der Waals surface area contributed by atoms with Crippen LogP contribution in [0.3, 0.4) is 0 Å². The molecule has 0 unspecified atom stereocenters. The van der Waals surface area contributed by atoms with Crippen LogP contribution in [0.5, 0.6) is 0 Å². The fourth-order valence-corrected chi connectivity index (χ4v) is 3.46. The maximum atomic E-state index is 5.58. The summed E-state index contributed by atoms with van der Waals surface area (Å²) >= 11 is 7.31. The molecule has 2 saturated heterocycles. The van der Waals surface area contributed by atoms with Crippen molar-refractivity contribution >= 4 is 34.0 Å². The second kappa shape index (κ2) is 6.74. The highest BCUT2D eigenvalue weighted by Crippen LogP contribution is 2.15. The summed E-state index contributed by atoms with van der Waals surface area (Å²) in [5.41, 5.74) is 0. The van der Waals surface area contributed by atoms with Gasteiger partial charge in [0.1, 0.15) is 0 Å². The van der Waals surface area contributed by atoms with E-state index in [0.717, 1.165) is 4.20 Å². The molecule has 0 saturated carbocycles. The third-order valence-electron chi connectivity index (χ3n) is 3.68. The summed E-state index contributed by atoms with van der Waals surface area (Å²) in [5.74, 6) is 1.37. The number of amidine groups is 1. The Bertz CT molecular complexity index is 299. The molecule has 2 fully saturated rings. The van der Waals surface area contributed by atoms with E-state index in [4.69, 9.17) is 12.2 Å². The molecule has 0 aromatic heterocycles. The second-order valence-corrected chi connectivity index (χ2v) is 6.39. The van der Waals surface area contributed by atoms with Crippen LogP contribution >= 0.6 is 24.0 Å². The monoisotopic (exact) mass is 271 g/mol. The summed E-state index contributed by atoms with van der Waals surface area (Å²) in [4.78, 5) is 2.54. The van der Waals surface area contributed by atoms with Gasteiger partial charge in [0, 0.05) is 0 Å². The Hall–Kier alpha value is -0.0900. The number of thiocarbonyl (C=S) groups is 1. The van der Waals surface area contributed by atoms with Crippen LogP contribution in [-0.2, 0) is 0 Å². The van der Waals surface area contributed by atoms with Gasteiger partial charge in [0.25, 0.3) is 5.84 Å². The lowest BCUT2D eigenvalue weighted by Gasteiger charge is -2.27. The van der Waals surface area contributed by atoms with Crippen LogP contribution in [0.15, 0.2) is 0 Å². The Kier molecular flexibility index (Phi) is 5.29. The third kappa shape index (κ3) is 3.44. The first kappa shape index (κ1) is 13.3. The molecule has 0 amide bonds. The summed E-state index contributed by atoms with van der Waals surface area (Å²) in [6.07, 6.45) is 10.2. The number of hydrogen-bond acceptors (Lipinski definition) is 2. The summed E-state index contributed by atoms with van der Waals surface area (Å²) in [6, 6.07) is 0. The maximum absolute atomic E-state index is 5.58. The van der Waals surface area contributed by atoms with Crippen LogP contribution in [-0.4, -0.2) is 51.9 Å². The van der Waals surface area contributed by atoms with Gasteiger partial charge in [0.2, 0.25) is 0 Å². The van der Waals surface area contributed by atoms with E-state index in [2.05, 4.69) is 15.7 Å². The molecule has 2 aliphatic heterocycles. The average Bonchev–Trinajstić information content (AvgIpc) is 2.41. The minimum Gasteiger partial charge on any atom is -0.260 e. The smallest absolute Gasteiger partial charge is 0.260 e. The number of likely N-dealkylation sites (tertiary alicyclic amines) is 1. The standard InChI is InChI=1S/C13H23N2S2/c1-17-13(16)12(14-8-4-2-5-9-14)15-10-6-3-7-11-15/h2-11H2,1H3/q+1. The zero-order valence-corrected chi connectivity index (χ0v) is 12.4. The molecule has 0 radical (unpaired) electrons. The first-order chi connectivity index (χ1) is 8.33. The van der Waals surface area contributed by atoms with Crippen LogP contribution < -0.4 is 0 Å². The van der Waals surface area contributed by atoms with E-state index in [1.54, 1.807) is 11.8 Å². The molecule has 0 aliphatic carbocycles. The van der Waals surface area contributed by atoms with Crippen LogP contribution in [0.1, 0.15) is 38.5 Å². The molecule has 0 aromatic rings. The van der Waals surface area contributed by atoms with E-state index in [-0.39, 0.29) is 0 Å².